The molecular weight excluding hydrogens is 1180 g/mol. The Labute approximate surface area is 523 Å². The van der Waals surface area contributed by atoms with Gasteiger partial charge in [0.2, 0.25) is 11.8 Å². The summed E-state index contributed by atoms with van der Waals surface area (Å²) in [7, 11) is 3.06. The van der Waals surface area contributed by atoms with Gasteiger partial charge in [-0.25, -0.2) is 14.4 Å². The number of ketones is 1. The molecule has 4 aliphatic heterocycles. The molecule has 0 aromatic heterocycles. The number of amides is 7. The second-order valence-electron chi connectivity index (χ2n) is 23.5. The summed E-state index contributed by atoms with van der Waals surface area (Å²) in [5.41, 5.74) is 6.89. The number of ether oxygens (including phenoxy) is 6. The van der Waals surface area contributed by atoms with Crippen LogP contribution in [0, 0.1) is 31.6 Å². The maximum absolute atomic E-state index is 14.4. The zero-order valence-electron chi connectivity index (χ0n) is 51.5. The van der Waals surface area contributed by atoms with E-state index in [1.165, 1.54) is 12.0 Å². The molecule has 0 aliphatic carbocycles. The molecule has 26 heteroatoms. The number of nitrogens with zero attached hydrogens (tertiary/aromatic N) is 2. The third-order valence-electron chi connectivity index (χ3n) is 16.2. The quantitative estimate of drug-likeness (QED) is 0.0222. The lowest BCUT2D eigenvalue weighted by atomic mass is 9.78. The summed E-state index contributed by atoms with van der Waals surface area (Å²) in [6.07, 6.45) is 1.09. The van der Waals surface area contributed by atoms with Crippen molar-refractivity contribution in [1.29, 1.82) is 0 Å². The number of primary amides is 1. The molecule has 0 spiro atoms. The highest BCUT2D eigenvalue weighted by molar-refractivity contribution is 7.80. The highest BCUT2D eigenvalue weighted by atomic mass is 35.5. The van der Waals surface area contributed by atoms with Crippen LogP contribution >= 0.6 is 23.8 Å². The number of hydroxylamine groups is 2. The van der Waals surface area contributed by atoms with Crippen LogP contribution in [0.25, 0.3) is 0 Å². The third kappa shape index (κ3) is 19.6. The van der Waals surface area contributed by atoms with E-state index in [4.69, 9.17) is 62.8 Å². The molecular formula is C62H84ClN7O17S. The minimum absolute atomic E-state index is 0.000776. The van der Waals surface area contributed by atoms with Crippen LogP contribution in [0.2, 0.25) is 5.02 Å². The van der Waals surface area contributed by atoms with E-state index in [1.807, 2.05) is 52.8 Å². The predicted molar refractivity (Wildman–Crippen MR) is 328 cm³/mol. The van der Waals surface area contributed by atoms with Crippen molar-refractivity contribution in [2.24, 2.45) is 23.5 Å². The molecule has 482 valence electrons. The van der Waals surface area contributed by atoms with Crippen LogP contribution in [0.4, 0.5) is 21.0 Å². The first-order chi connectivity index (χ1) is 41.6. The molecule has 4 heterocycles. The molecule has 6 rings (SSSR count). The maximum Gasteiger partial charge on any atom is 0.412 e. The summed E-state index contributed by atoms with van der Waals surface area (Å²) in [4.78, 5) is 123. The van der Waals surface area contributed by atoms with Gasteiger partial charge >= 0.3 is 24.1 Å². The van der Waals surface area contributed by atoms with Crippen LogP contribution in [-0.2, 0) is 79.7 Å². The second-order valence-corrected chi connectivity index (χ2v) is 24.3. The van der Waals surface area contributed by atoms with E-state index >= 15 is 0 Å². The monoisotopic (exact) mass is 1270 g/mol. The minimum Gasteiger partial charge on any atom is -0.462 e. The zero-order chi connectivity index (χ0) is 64.6. The van der Waals surface area contributed by atoms with Crippen LogP contribution in [-0.4, -0.2) is 164 Å². The van der Waals surface area contributed by atoms with Gasteiger partial charge in [-0.2, -0.15) is 0 Å². The van der Waals surface area contributed by atoms with Gasteiger partial charge in [0.05, 0.1) is 73.5 Å². The Hall–Kier alpha value is -6.87. The fourth-order valence-electron chi connectivity index (χ4n) is 11.0. The molecule has 4 aliphatic rings. The molecule has 3 fully saturated rings. The largest absolute Gasteiger partial charge is 0.462 e. The van der Waals surface area contributed by atoms with Crippen molar-refractivity contribution in [3.05, 3.63) is 81.4 Å². The molecule has 0 radical (unpaired) electrons. The normalized spacial score (nSPS) is 24.7. The second kappa shape index (κ2) is 32.0. The van der Waals surface area contributed by atoms with Crippen LogP contribution in [0.1, 0.15) is 115 Å². The highest BCUT2D eigenvalue weighted by Gasteiger charge is 2.64. The molecule has 88 heavy (non-hydrogen) atoms. The maximum atomic E-state index is 14.4. The van der Waals surface area contributed by atoms with Gasteiger partial charge in [-0.1, -0.05) is 86.6 Å². The first-order valence-corrected chi connectivity index (χ1v) is 30.4. The fraction of sp³-hybridized carbons (Fsp3) is 0.581. The van der Waals surface area contributed by atoms with E-state index in [0.717, 1.165) is 16.7 Å². The summed E-state index contributed by atoms with van der Waals surface area (Å²) in [5.74, 6) is -5.04. The molecule has 7 amide bonds. The number of rotatable bonds is 25. The van der Waals surface area contributed by atoms with Crippen molar-refractivity contribution in [2.75, 3.05) is 63.9 Å². The summed E-state index contributed by atoms with van der Waals surface area (Å²) < 4.78 is 35.1. The topological polar surface area (TPSA) is 322 Å². The first kappa shape index (κ1) is 70.2. The van der Waals surface area contributed by atoms with Gasteiger partial charge in [0, 0.05) is 76.9 Å². The number of hydrogen-bond acceptors (Lipinski definition) is 18. The number of carbonyl (C=O) groups excluding carboxylic acids is 9. The van der Waals surface area contributed by atoms with E-state index in [1.54, 1.807) is 51.2 Å². The summed E-state index contributed by atoms with van der Waals surface area (Å²) in [5, 5.41) is 24.2. The lowest BCUT2D eigenvalue weighted by Gasteiger charge is -2.41. The number of anilines is 2. The Bertz CT molecular complexity index is 2980. The molecule has 4 bridgehead atoms. The number of urea groups is 1. The van der Waals surface area contributed by atoms with Gasteiger partial charge in [0.15, 0.2) is 5.78 Å². The molecule has 2 aromatic carbocycles. The predicted octanol–water partition coefficient (Wildman–Crippen LogP) is 5.89. The number of Topliss-reactive ketones (excluding diaryl/α,β-unsaturated/α-hetero) is 1. The number of allylic oxidation sites excluding steroid dienone is 3. The van der Waals surface area contributed by atoms with Crippen LogP contribution in [0.5, 0.6) is 0 Å². The Kier molecular flexibility index (Phi) is 25.6. The van der Waals surface area contributed by atoms with Gasteiger partial charge < -0.3 is 64.9 Å². The molecule has 3 saturated heterocycles. The van der Waals surface area contributed by atoms with Crippen molar-refractivity contribution in [2.45, 2.75) is 161 Å². The number of fused-ring (bicyclic) bond motifs is 5. The van der Waals surface area contributed by atoms with E-state index in [-0.39, 0.29) is 102 Å². The van der Waals surface area contributed by atoms with Gasteiger partial charge in [-0.3, -0.25) is 34.1 Å². The number of aryl methyl sites for hydroxylation is 2. The molecule has 9 atom stereocenters. The number of imide groups is 1. The lowest BCUT2D eigenvalue weighted by Crippen LogP contribution is -2.53. The van der Waals surface area contributed by atoms with E-state index in [2.05, 4.69) is 21.3 Å². The van der Waals surface area contributed by atoms with Crippen molar-refractivity contribution in [3.63, 3.8) is 0 Å². The average Bonchev–Trinajstić information content (AvgIpc) is 1.58. The third-order valence-corrected chi connectivity index (χ3v) is 17.0. The number of esters is 1. The Morgan fingerprint density at radius 2 is 1.65 bits per heavy atom. The van der Waals surface area contributed by atoms with Crippen molar-refractivity contribution < 1.29 is 81.5 Å². The van der Waals surface area contributed by atoms with Crippen molar-refractivity contribution >= 4 is 93.7 Å². The molecule has 0 unspecified atom stereocenters. The average molecular weight is 1270 g/mol. The lowest BCUT2D eigenvalue weighted by molar-refractivity contribution is -0.198. The number of nitrogens with two attached hydrogens (primary N) is 1. The number of thiocarbonyl (C=S) groups is 1. The smallest absolute Gasteiger partial charge is 0.412 e. The Balaban J connectivity index is 1.08. The van der Waals surface area contributed by atoms with Gasteiger partial charge in [0.25, 0.3) is 11.8 Å². The number of aliphatic hydroxyl groups is 1. The number of nitrogens with one attached hydrogen (secondary N) is 4. The minimum atomic E-state index is -1.63. The first-order valence-electron chi connectivity index (χ1n) is 29.6. The van der Waals surface area contributed by atoms with Gasteiger partial charge in [-0.15, -0.1) is 5.06 Å². The number of epoxide rings is 1. The van der Waals surface area contributed by atoms with Crippen molar-refractivity contribution in [1.82, 2.24) is 21.0 Å². The van der Waals surface area contributed by atoms with Gasteiger partial charge in [-0.05, 0) is 87.3 Å². The standard InChI is InChI=1S/C62H84ClN7O17S/c1-35(2)42(31-50(88)65-21-23-83-25-24-82-22-19-54(75)87-70-51(72)17-18-52(70)73)58(77)67-44(13-11-20-66-59(64)78)46(71)30-40-15-16-43(37(4)27-40)68-60(79)85-49-32-53(74)69(8)45-29-41(28-38(5)56(45)63)26-36(3)12-10-14-48(81-9)62(80)33-47(84-55(76)34-62)39(6)57-61(49,7)86-57/h10,12,14-16,27-29,35,39,42,44,47-49,57,80H,11,13,17-26,30-34H2,1-9H3,(H,65,88)(H,67,77)(H,68,79)(H3,64,66,78)/b14-10+,36-12+/t39-,42+,44+,47+,48-,49+,57+,61+,62-/m1/s1. The van der Waals surface area contributed by atoms with E-state index in [9.17, 15) is 48.3 Å². The SMILES string of the molecule is CO[C@@H]1/C=C/C=C(\C)Cc2cc(C)c(Cl)c(c2)N(C)C(=O)C[C@H](OC(=O)Nc2ccc(CC(=O)[C@H](CCCNC(N)=O)NC(=O)[C@@H](CC(=S)NCCOCCOCCC(=O)ON3C(=O)CCC3=O)C(C)C)cc2C)[C@]2(C)O[C@H]2[C@H](C)[C@@H]2C[C@@]1(O)CC(=O)O2. The number of methoxy groups -OCH3 is 1. The number of carbonyl (C=O) groups is 9. The van der Waals surface area contributed by atoms with Crippen LogP contribution in [0.3, 0.4) is 0 Å². The van der Waals surface area contributed by atoms with E-state index < -0.39 is 101 Å². The van der Waals surface area contributed by atoms with Crippen molar-refractivity contribution in [3.8, 4) is 0 Å². The summed E-state index contributed by atoms with van der Waals surface area (Å²) in [6, 6.07) is 7.06. The molecule has 7 N–H and O–H groups in total. The Morgan fingerprint density at radius 1 is 0.943 bits per heavy atom. The summed E-state index contributed by atoms with van der Waals surface area (Å²) in [6.45, 7) is 13.9. The van der Waals surface area contributed by atoms with Crippen LogP contribution in [0.15, 0.2) is 54.1 Å². The van der Waals surface area contributed by atoms with Crippen LogP contribution < -0.4 is 31.9 Å². The van der Waals surface area contributed by atoms with Gasteiger partial charge in [0.1, 0.15) is 29.5 Å². The fourth-order valence-corrected chi connectivity index (χ4v) is 11.5. The number of hydrogen-bond donors (Lipinski definition) is 6. The van der Waals surface area contributed by atoms with E-state index in [0.29, 0.717) is 57.0 Å². The summed E-state index contributed by atoms with van der Waals surface area (Å²) >= 11 is 12.5. The zero-order valence-corrected chi connectivity index (χ0v) is 53.1. The molecule has 2 aromatic rings. The molecule has 24 nitrogen and oxygen atoms in total. The highest BCUT2D eigenvalue weighted by Crippen LogP contribution is 2.50. The number of halogens is 1. The Morgan fingerprint density at radius 3 is 2.32 bits per heavy atom. The molecule has 0 saturated carbocycles. The number of benzene rings is 2.